The van der Waals surface area contributed by atoms with Crippen molar-refractivity contribution in [3.05, 3.63) is 34.9 Å². The second-order valence-electron chi connectivity index (χ2n) is 3.97. The zero-order chi connectivity index (χ0) is 13.4. The minimum absolute atomic E-state index is 0.175. The highest BCUT2D eigenvalue weighted by Gasteiger charge is 2.19. The van der Waals surface area contributed by atoms with Crippen molar-refractivity contribution in [2.24, 2.45) is 4.99 Å². The zero-order valence-corrected chi connectivity index (χ0v) is 11.4. The third-order valence-corrected chi connectivity index (χ3v) is 3.89. The van der Waals surface area contributed by atoms with Crippen molar-refractivity contribution in [3.63, 3.8) is 0 Å². The number of nitrogens with two attached hydrogens (primary N) is 2. The van der Waals surface area contributed by atoms with Gasteiger partial charge in [-0.05, 0) is 17.7 Å². The molecule has 3 rings (SSSR count). The van der Waals surface area contributed by atoms with Crippen molar-refractivity contribution in [2.45, 2.75) is 5.03 Å². The third kappa shape index (κ3) is 2.36. The minimum Gasteiger partial charge on any atom is -0.382 e. The summed E-state index contributed by atoms with van der Waals surface area (Å²) in [7, 11) is 0. The van der Waals surface area contributed by atoms with Crippen LogP contribution in [0.25, 0.3) is 0 Å². The van der Waals surface area contributed by atoms with Gasteiger partial charge in [0.05, 0.1) is 5.71 Å². The smallest absolute Gasteiger partial charge is 0.223 e. The number of nitrogen functional groups attached to an aromatic ring is 2. The summed E-state index contributed by atoms with van der Waals surface area (Å²) in [6.45, 7) is 0. The first-order valence-corrected chi connectivity index (χ1v) is 6.89. The fourth-order valence-corrected chi connectivity index (χ4v) is 2.84. The Hall–Kier alpha value is -1.79. The third-order valence-electron chi connectivity index (χ3n) is 2.67. The van der Waals surface area contributed by atoms with E-state index >= 15 is 0 Å². The number of anilines is 2. The Morgan fingerprint density at radius 3 is 2.58 bits per heavy atom. The number of aromatic nitrogens is 2. The van der Waals surface area contributed by atoms with Gasteiger partial charge in [-0.1, -0.05) is 35.5 Å². The molecule has 0 atom stereocenters. The molecular weight excluding hydrogens is 282 g/mol. The molecular formula is C12H10ClN5S. The van der Waals surface area contributed by atoms with E-state index in [2.05, 4.69) is 15.0 Å². The van der Waals surface area contributed by atoms with Gasteiger partial charge >= 0.3 is 0 Å². The fourth-order valence-electron chi connectivity index (χ4n) is 1.77. The van der Waals surface area contributed by atoms with Crippen LogP contribution in [0.3, 0.4) is 0 Å². The van der Waals surface area contributed by atoms with Gasteiger partial charge in [-0.3, -0.25) is 0 Å². The summed E-state index contributed by atoms with van der Waals surface area (Å²) < 4.78 is 0. The van der Waals surface area contributed by atoms with Gasteiger partial charge in [-0.25, -0.2) is 9.98 Å². The van der Waals surface area contributed by atoms with Gasteiger partial charge in [-0.15, -0.1) is 0 Å². The summed E-state index contributed by atoms with van der Waals surface area (Å²) in [5.74, 6) is 1.19. The molecule has 19 heavy (non-hydrogen) atoms. The molecule has 1 aromatic carbocycles. The molecule has 0 bridgehead atoms. The van der Waals surface area contributed by atoms with Crippen LogP contribution in [-0.4, -0.2) is 21.4 Å². The largest absolute Gasteiger partial charge is 0.382 e. The van der Waals surface area contributed by atoms with Crippen LogP contribution < -0.4 is 11.5 Å². The van der Waals surface area contributed by atoms with Crippen LogP contribution in [0, 0.1) is 0 Å². The Balaban J connectivity index is 2.06. The number of aliphatic imine (C=N–C) groups is 1. The van der Waals surface area contributed by atoms with E-state index < -0.39 is 0 Å². The first-order chi connectivity index (χ1) is 9.13. The molecule has 1 aromatic heterocycles. The van der Waals surface area contributed by atoms with Gasteiger partial charge in [0.2, 0.25) is 5.95 Å². The average Bonchev–Trinajstić information content (AvgIpc) is 2.39. The lowest BCUT2D eigenvalue weighted by Gasteiger charge is -2.15. The quantitative estimate of drug-likeness (QED) is 0.788. The second kappa shape index (κ2) is 4.71. The van der Waals surface area contributed by atoms with Crippen molar-refractivity contribution in [2.75, 3.05) is 17.2 Å². The van der Waals surface area contributed by atoms with Gasteiger partial charge in [0.1, 0.15) is 10.7 Å². The molecule has 2 heterocycles. The number of nitrogens with zero attached hydrogens (tertiary/aromatic N) is 3. The zero-order valence-electron chi connectivity index (χ0n) is 9.80. The Morgan fingerprint density at radius 2 is 1.84 bits per heavy atom. The molecule has 2 aromatic rings. The highest BCUT2D eigenvalue weighted by atomic mass is 35.5. The van der Waals surface area contributed by atoms with E-state index in [-0.39, 0.29) is 5.95 Å². The van der Waals surface area contributed by atoms with E-state index in [9.17, 15) is 0 Å². The lowest BCUT2D eigenvalue weighted by atomic mass is 10.1. The maximum Gasteiger partial charge on any atom is 0.223 e. The Kier molecular flexibility index (Phi) is 3.04. The van der Waals surface area contributed by atoms with Gasteiger partial charge in [-0.2, -0.15) is 4.98 Å². The van der Waals surface area contributed by atoms with E-state index in [1.807, 2.05) is 24.3 Å². The molecule has 0 saturated heterocycles. The highest BCUT2D eigenvalue weighted by molar-refractivity contribution is 8.00. The van der Waals surface area contributed by atoms with Gasteiger partial charge in [0, 0.05) is 10.8 Å². The van der Waals surface area contributed by atoms with Crippen LogP contribution in [0.1, 0.15) is 5.56 Å². The van der Waals surface area contributed by atoms with Gasteiger partial charge in [0.15, 0.2) is 5.82 Å². The number of hydrogen-bond acceptors (Lipinski definition) is 6. The van der Waals surface area contributed by atoms with Crippen LogP contribution in [0.2, 0.25) is 5.02 Å². The number of rotatable bonds is 1. The highest BCUT2D eigenvalue weighted by Crippen LogP contribution is 2.37. The van der Waals surface area contributed by atoms with Crippen LogP contribution in [0.5, 0.6) is 0 Å². The fraction of sp³-hybridized carbons (Fsp3) is 0.0833. The maximum atomic E-state index is 5.88. The SMILES string of the molecule is Nc1nc(N)c2c(n1)SCC(c1ccc(Cl)cc1)=N2. The van der Waals surface area contributed by atoms with E-state index in [0.717, 1.165) is 16.3 Å². The topological polar surface area (TPSA) is 90.2 Å². The molecule has 0 saturated carbocycles. The van der Waals surface area contributed by atoms with E-state index in [1.54, 1.807) is 11.8 Å². The molecule has 5 nitrogen and oxygen atoms in total. The summed E-state index contributed by atoms with van der Waals surface area (Å²) in [6.07, 6.45) is 0. The molecule has 0 amide bonds. The number of hydrogen-bond donors (Lipinski definition) is 2. The lowest BCUT2D eigenvalue weighted by Crippen LogP contribution is -2.11. The van der Waals surface area contributed by atoms with Crippen molar-refractivity contribution in [1.29, 1.82) is 0 Å². The Morgan fingerprint density at radius 1 is 1.11 bits per heavy atom. The van der Waals surface area contributed by atoms with Crippen molar-refractivity contribution < 1.29 is 0 Å². The molecule has 1 aliphatic rings. The summed E-state index contributed by atoms with van der Waals surface area (Å²) in [5, 5.41) is 1.42. The predicted molar refractivity (Wildman–Crippen MR) is 79.2 cm³/mol. The molecule has 0 spiro atoms. The number of benzene rings is 1. The molecule has 0 aliphatic carbocycles. The van der Waals surface area contributed by atoms with Gasteiger partial charge < -0.3 is 11.5 Å². The minimum atomic E-state index is 0.175. The van der Waals surface area contributed by atoms with Crippen molar-refractivity contribution in [3.8, 4) is 0 Å². The van der Waals surface area contributed by atoms with E-state index in [4.69, 9.17) is 23.1 Å². The second-order valence-corrected chi connectivity index (χ2v) is 5.38. The first-order valence-electron chi connectivity index (χ1n) is 5.53. The monoisotopic (exact) mass is 291 g/mol. The summed E-state index contributed by atoms with van der Waals surface area (Å²) in [5.41, 5.74) is 13.9. The summed E-state index contributed by atoms with van der Waals surface area (Å²) in [4.78, 5) is 12.6. The van der Waals surface area contributed by atoms with Crippen LogP contribution in [0.15, 0.2) is 34.3 Å². The molecule has 0 unspecified atom stereocenters. The molecule has 0 fully saturated rings. The Bertz CT molecular complexity index is 669. The van der Waals surface area contributed by atoms with Crippen molar-refractivity contribution >= 4 is 46.5 Å². The molecule has 4 N–H and O–H groups in total. The number of fused-ring (bicyclic) bond motifs is 1. The lowest BCUT2D eigenvalue weighted by molar-refractivity contribution is 1.06. The maximum absolute atomic E-state index is 5.88. The molecule has 1 aliphatic heterocycles. The van der Waals surface area contributed by atoms with E-state index in [1.165, 1.54) is 0 Å². The first kappa shape index (κ1) is 12.3. The average molecular weight is 292 g/mol. The molecule has 0 radical (unpaired) electrons. The van der Waals surface area contributed by atoms with Gasteiger partial charge in [0.25, 0.3) is 0 Å². The summed E-state index contributed by atoms with van der Waals surface area (Å²) >= 11 is 7.42. The van der Waals surface area contributed by atoms with Crippen LogP contribution >= 0.6 is 23.4 Å². The van der Waals surface area contributed by atoms with Crippen LogP contribution in [0.4, 0.5) is 17.5 Å². The Labute approximate surface area is 119 Å². The predicted octanol–water partition coefficient (Wildman–Crippen LogP) is 2.52. The standard InChI is InChI=1S/C12H10ClN5S/c13-7-3-1-6(2-4-7)8-5-19-11-9(16-8)10(14)17-12(15)18-11/h1-4H,5H2,(H4,14,15,17,18). The summed E-state index contributed by atoms with van der Waals surface area (Å²) in [6, 6.07) is 7.53. The molecule has 7 heteroatoms. The normalized spacial score (nSPS) is 13.8. The van der Waals surface area contributed by atoms with Crippen molar-refractivity contribution in [1.82, 2.24) is 9.97 Å². The number of thioether (sulfide) groups is 1. The van der Waals surface area contributed by atoms with Crippen LogP contribution in [-0.2, 0) is 0 Å². The number of halogens is 1. The van der Waals surface area contributed by atoms with E-state index in [0.29, 0.717) is 22.3 Å². The molecule has 96 valence electrons.